The molecule has 0 unspecified atom stereocenters. The average Bonchev–Trinajstić information content (AvgIpc) is 2.82. The van der Waals surface area contributed by atoms with E-state index < -0.39 is 0 Å². The summed E-state index contributed by atoms with van der Waals surface area (Å²) >= 11 is 1.84. The summed E-state index contributed by atoms with van der Waals surface area (Å²) in [6, 6.07) is 17.6. The summed E-state index contributed by atoms with van der Waals surface area (Å²) in [5.74, 6) is 0. The predicted molar refractivity (Wildman–Crippen MR) is 92.2 cm³/mol. The molecule has 0 aliphatic carbocycles. The molecule has 1 aromatic heterocycles. The maximum absolute atomic E-state index is 2.25. The first-order chi connectivity index (χ1) is 9.95. The second-order valence-electron chi connectivity index (χ2n) is 6.49. The zero-order chi connectivity index (χ0) is 15.0. The summed E-state index contributed by atoms with van der Waals surface area (Å²) in [5.41, 5.74) is 2.87. The van der Waals surface area contributed by atoms with Crippen LogP contribution in [0.1, 0.15) is 26.3 Å². The van der Waals surface area contributed by atoms with E-state index in [1.807, 2.05) is 11.8 Å². The Hall–Kier alpha value is -1.67. The van der Waals surface area contributed by atoms with Crippen LogP contribution in [0.4, 0.5) is 0 Å². The minimum Gasteiger partial charge on any atom is -0.351 e. The van der Waals surface area contributed by atoms with Gasteiger partial charge in [-0.25, -0.2) is 0 Å². The number of rotatable bonds is 2. The molecule has 0 radical (unpaired) electrons. The molecule has 108 valence electrons. The van der Waals surface area contributed by atoms with Gasteiger partial charge in [-0.3, -0.25) is 0 Å². The van der Waals surface area contributed by atoms with Gasteiger partial charge in [0, 0.05) is 33.9 Å². The number of aryl methyl sites for hydroxylation is 1. The number of nitrogens with zero attached hydrogens (tertiary/aromatic N) is 1. The molecule has 0 saturated carbocycles. The summed E-state index contributed by atoms with van der Waals surface area (Å²) in [5, 5.41) is 1.32. The van der Waals surface area contributed by atoms with Crippen molar-refractivity contribution < 1.29 is 0 Å². The zero-order valence-electron chi connectivity index (χ0n) is 13.1. The summed E-state index contributed by atoms with van der Waals surface area (Å²) in [7, 11) is 2.09. The minimum atomic E-state index is 0.211. The van der Waals surface area contributed by atoms with Crippen molar-refractivity contribution in [1.29, 1.82) is 0 Å². The summed E-state index contributed by atoms with van der Waals surface area (Å²) in [6.45, 7) is 6.75. The lowest BCUT2D eigenvalue weighted by atomic mass is 9.87. The van der Waals surface area contributed by atoms with Gasteiger partial charge in [0.05, 0.1) is 0 Å². The van der Waals surface area contributed by atoms with E-state index in [9.17, 15) is 0 Å². The van der Waals surface area contributed by atoms with Gasteiger partial charge in [-0.15, -0.1) is 0 Å². The van der Waals surface area contributed by atoms with Crippen LogP contribution in [0, 0.1) is 0 Å². The fraction of sp³-hybridized carbons (Fsp3) is 0.263. The third-order valence-corrected chi connectivity index (χ3v) is 4.92. The van der Waals surface area contributed by atoms with Gasteiger partial charge in [0.25, 0.3) is 0 Å². The van der Waals surface area contributed by atoms with E-state index >= 15 is 0 Å². The quantitative estimate of drug-likeness (QED) is 0.593. The van der Waals surface area contributed by atoms with E-state index in [1.54, 1.807) is 0 Å². The van der Waals surface area contributed by atoms with Crippen LogP contribution in [0.3, 0.4) is 0 Å². The summed E-state index contributed by atoms with van der Waals surface area (Å²) in [4.78, 5) is 2.61. The van der Waals surface area contributed by atoms with Crippen LogP contribution in [0.15, 0.2) is 64.5 Å². The predicted octanol–water partition coefficient (Wildman–Crippen LogP) is 5.63. The van der Waals surface area contributed by atoms with Crippen molar-refractivity contribution in [2.45, 2.75) is 36.0 Å². The highest BCUT2D eigenvalue weighted by molar-refractivity contribution is 7.99. The topological polar surface area (TPSA) is 4.93 Å². The van der Waals surface area contributed by atoms with E-state index in [0.717, 1.165) is 0 Å². The fourth-order valence-electron chi connectivity index (χ4n) is 2.51. The molecule has 0 N–H and O–H groups in total. The van der Waals surface area contributed by atoms with Crippen molar-refractivity contribution in [1.82, 2.24) is 4.57 Å². The Balaban J connectivity index is 1.92. The molecule has 21 heavy (non-hydrogen) atoms. The maximum Gasteiger partial charge on any atom is 0.0489 e. The van der Waals surface area contributed by atoms with Gasteiger partial charge in [-0.2, -0.15) is 0 Å². The molecular weight excluding hydrogens is 274 g/mol. The SMILES string of the molecule is Cn1ccc2c(Sc3ccc(C(C)(C)C)cc3)cccc21. The van der Waals surface area contributed by atoms with Gasteiger partial charge in [0.2, 0.25) is 0 Å². The largest absolute Gasteiger partial charge is 0.351 e. The maximum atomic E-state index is 2.25. The van der Waals surface area contributed by atoms with Crippen LogP contribution in [-0.4, -0.2) is 4.57 Å². The Morgan fingerprint density at radius 1 is 0.905 bits per heavy atom. The number of fused-ring (bicyclic) bond motifs is 1. The van der Waals surface area contributed by atoms with Crippen LogP contribution in [-0.2, 0) is 12.5 Å². The monoisotopic (exact) mass is 295 g/mol. The van der Waals surface area contributed by atoms with Gasteiger partial charge in [0.15, 0.2) is 0 Å². The van der Waals surface area contributed by atoms with Gasteiger partial charge in [-0.1, -0.05) is 50.7 Å². The Morgan fingerprint density at radius 2 is 1.62 bits per heavy atom. The molecule has 0 fully saturated rings. The first kappa shape index (κ1) is 14.3. The number of benzene rings is 2. The first-order valence-electron chi connectivity index (χ1n) is 7.27. The van der Waals surface area contributed by atoms with E-state index in [-0.39, 0.29) is 5.41 Å². The standard InChI is InChI=1S/C19H21NS/c1-19(2,3)14-8-10-15(11-9-14)21-18-7-5-6-17-16(18)12-13-20(17)4/h5-13H,1-4H3. The lowest BCUT2D eigenvalue weighted by Crippen LogP contribution is -2.10. The van der Waals surface area contributed by atoms with Gasteiger partial charge in [0.1, 0.15) is 0 Å². The molecular formula is C19H21NS. The molecule has 0 saturated heterocycles. The van der Waals surface area contributed by atoms with E-state index in [2.05, 4.69) is 87.1 Å². The molecule has 0 bridgehead atoms. The van der Waals surface area contributed by atoms with Crippen LogP contribution in [0.2, 0.25) is 0 Å². The third-order valence-electron chi connectivity index (χ3n) is 3.84. The smallest absolute Gasteiger partial charge is 0.0489 e. The minimum absolute atomic E-state index is 0.211. The second-order valence-corrected chi connectivity index (χ2v) is 7.61. The molecule has 3 aromatic rings. The van der Waals surface area contributed by atoms with Crippen molar-refractivity contribution in [3.05, 3.63) is 60.3 Å². The van der Waals surface area contributed by atoms with Crippen molar-refractivity contribution in [2.24, 2.45) is 7.05 Å². The zero-order valence-corrected chi connectivity index (χ0v) is 13.9. The molecule has 0 atom stereocenters. The fourth-order valence-corrected chi connectivity index (χ4v) is 3.47. The molecule has 2 aromatic carbocycles. The van der Waals surface area contributed by atoms with Gasteiger partial charge in [-0.05, 0) is 41.3 Å². The van der Waals surface area contributed by atoms with E-state index in [1.165, 1.54) is 26.3 Å². The number of aromatic nitrogens is 1. The summed E-state index contributed by atoms with van der Waals surface area (Å²) < 4.78 is 2.17. The Morgan fingerprint density at radius 3 is 2.29 bits per heavy atom. The Labute approximate surface area is 131 Å². The summed E-state index contributed by atoms with van der Waals surface area (Å²) in [6.07, 6.45) is 2.12. The molecule has 3 rings (SSSR count). The lowest BCUT2D eigenvalue weighted by Gasteiger charge is -2.19. The van der Waals surface area contributed by atoms with Crippen molar-refractivity contribution in [3.63, 3.8) is 0 Å². The number of hydrogen-bond acceptors (Lipinski definition) is 1. The first-order valence-corrected chi connectivity index (χ1v) is 8.09. The van der Waals surface area contributed by atoms with Crippen LogP contribution >= 0.6 is 11.8 Å². The van der Waals surface area contributed by atoms with Crippen LogP contribution < -0.4 is 0 Å². The molecule has 0 aliphatic heterocycles. The normalized spacial score (nSPS) is 12.0. The molecule has 0 spiro atoms. The number of hydrogen-bond donors (Lipinski definition) is 0. The third kappa shape index (κ3) is 2.86. The average molecular weight is 295 g/mol. The Kier molecular flexibility index (Phi) is 3.58. The molecule has 1 nitrogen and oxygen atoms in total. The van der Waals surface area contributed by atoms with Gasteiger partial charge < -0.3 is 4.57 Å². The molecule has 0 aliphatic rings. The van der Waals surface area contributed by atoms with Crippen LogP contribution in [0.5, 0.6) is 0 Å². The highest BCUT2D eigenvalue weighted by atomic mass is 32.2. The van der Waals surface area contributed by atoms with E-state index in [4.69, 9.17) is 0 Å². The second kappa shape index (κ2) is 5.27. The highest BCUT2D eigenvalue weighted by Gasteiger charge is 2.13. The van der Waals surface area contributed by atoms with Crippen molar-refractivity contribution in [2.75, 3.05) is 0 Å². The molecule has 1 heterocycles. The van der Waals surface area contributed by atoms with Crippen molar-refractivity contribution >= 4 is 22.7 Å². The van der Waals surface area contributed by atoms with Gasteiger partial charge >= 0.3 is 0 Å². The molecule has 2 heteroatoms. The van der Waals surface area contributed by atoms with Crippen LogP contribution in [0.25, 0.3) is 10.9 Å². The molecule has 0 amide bonds. The van der Waals surface area contributed by atoms with E-state index in [0.29, 0.717) is 0 Å². The Bertz CT molecular complexity index is 760. The lowest BCUT2D eigenvalue weighted by molar-refractivity contribution is 0.590. The van der Waals surface area contributed by atoms with Crippen molar-refractivity contribution in [3.8, 4) is 0 Å². The highest BCUT2D eigenvalue weighted by Crippen LogP contribution is 2.34.